The van der Waals surface area contributed by atoms with E-state index in [0.29, 0.717) is 0 Å². The van der Waals surface area contributed by atoms with Gasteiger partial charge in [0, 0.05) is 57.8 Å². The van der Waals surface area contributed by atoms with Crippen LogP contribution in [0.4, 0.5) is 0 Å². The van der Waals surface area contributed by atoms with Crippen LogP contribution in [-0.2, 0) is 101 Å². The number of aliphatic carboxylic acids is 6. The highest BCUT2D eigenvalue weighted by atomic mass is 16.5. The van der Waals surface area contributed by atoms with Crippen molar-refractivity contribution < 1.29 is 131 Å². The maximum absolute atomic E-state index is 13.1. The number of nitrogens with one attached hydrogen (secondary N) is 8. The van der Waals surface area contributed by atoms with Crippen molar-refractivity contribution in [2.75, 3.05) is 19.8 Å². The van der Waals surface area contributed by atoms with Crippen molar-refractivity contribution in [3.63, 3.8) is 0 Å². The van der Waals surface area contributed by atoms with Crippen molar-refractivity contribution in [2.24, 2.45) is 11.7 Å². The second-order valence-corrected chi connectivity index (χ2v) is 20.0. The third kappa shape index (κ3) is 36.6. The fourth-order valence-electron chi connectivity index (χ4n) is 7.58. The fourth-order valence-corrected chi connectivity index (χ4v) is 7.58. The summed E-state index contributed by atoms with van der Waals surface area (Å²) in [6, 6.07) is -13.2. The highest BCUT2D eigenvalue weighted by molar-refractivity contribution is 5.91. The predicted molar refractivity (Wildman–Crippen MR) is 306 cm³/mol. The molecular weight excluding hydrogens is 1220 g/mol. The number of hydrogen-bond acceptors (Lipinski definition) is 21. The molecule has 0 aromatic carbocycles. The van der Waals surface area contributed by atoms with E-state index in [0.717, 1.165) is 6.08 Å². The molecule has 91 heavy (non-hydrogen) atoms. The number of nitrogens with two attached hydrogens (primary N) is 1. The third-order valence-electron chi connectivity index (χ3n) is 12.6. The molecule has 0 aliphatic carbocycles. The minimum Gasteiger partial charge on any atom is -0.481 e. The van der Waals surface area contributed by atoms with E-state index in [1.165, 1.54) is 19.1 Å². The van der Waals surface area contributed by atoms with Gasteiger partial charge in [-0.05, 0) is 57.8 Å². The molecule has 506 valence electrons. The van der Waals surface area contributed by atoms with Gasteiger partial charge in [0.25, 0.3) is 0 Å². The molecule has 0 aliphatic heterocycles. The van der Waals surface area contributed by atoms with Gasteiger partial charge in [-0.1, -0.05) is 44.9 Å². The van der Waals surface area contributed by atoms with E-state index in [1.807, 2.05) is 0 Å². The lowest BCUT2D eigenvalue weighted by Gasteiger charge is -2.20. The van der Waals surface area contributed by atoms with Crippen molar-refractivity contribution in [1.29, 1.82) is 0 Å². The average molecular weight is 1300 g/mol. The van der Waals surface area contributed by atoms with E-state index in [9.17, 15) is 112 Å². The van der Waals surface area contributed by atoms with E-state index in [4.69, 9.17) is 25.1 Å². The molecule has 0 radical (unpaired) electrons. The summed E-state index contributed by atoms with van der Waals surface area (Å²) in [6.45, 7) is 10.5. The van der Waals surface area contributed by atoms with E-state index >= 15 is 0 Å². The molecule has 0 saturated carbocycles. The summed E-state index contributed by atoms with van der Waals surface area (Å²) in [5.41, 5.74) is 5.12. The van der Waals surface area contributed by atoms with Crippen molar-refractivity contribution in [3.8, 4) is 0 Å². The third-order valence-corrected chi connectivity index (χ3v) is 12.6. The fraction of sp³-hybridized carbons (Fsp3) is 0.564. The first-order chi connectivity index (χ1) is 42.7. The van der Waals surface area contributed by atoms with Crippen LogP contribution in [0, 0.1) is 5.92 Å². The molecule has 36 heteroatoms. The Morgan fingerprint density at radius 2 is 0.484 bits per heavy atom. The standard InChI is InChI=1S/C55H79N9O27/c1-5-26-89-53(86)35(9-17-38(56)65)62-44(71)21-13-33(51(82)83)58-40(67)19-10-31(49(78)79)60-43(70)25-16-37(55(88)91-28-7-3)64-46(73)23-14-34(52(84)85)59-41(68)20-11-32(50(80)81)61-42(69)24-15-36(54(87)90-27-6-2)63-45(72)22-12-30(48(76)77)57-39(66)18-8-29(4)47(74)75/h5-7,29-37H,1-3,8-28H2,4H3,(H2,56,65)(H,57,66)(H,58,67)(H,59,68)(H,60,70)(H,61,69)(H,62,71)(H,63,72)(H,64,73)(H,74,75)(H,76,77)(H,78,79)(H,80,81)(H,82,83)(H,84,85). The van der Waals surface area contributed by atoms with Gasteiger partial charge in [0.05, 0.1) is 5.92 Å². The van der Waals surface area contributed by atoms with Crippen molar-refractivity contribution in [2.45, 2.75) is 171 Å². The molecule has 9 unspecified atom stereocenters. The van der Waals surface area contributed by atoms with Gasteiger partial charge in [-0.3, -0.25) is 47.9 Å². The molecule has 0 bridgehead atoms. The second kappa shape index (κ2) is 44.2. The molecule has 9 amide bonds. The zero-order chi connectivity index (χ0) is 69.3. The first kappa shape index (κ1) is 80.7. The molecule has 36 nitrogen and oxygen atoms in total. The molecule has 0 aromatic heterocycles. The quantitative estimate of drug-likeness (QED) is 0.0161. The predicted octanol–water partition coefficient (Wildman–Crippen LogP) is -3.30. The number of carbonyl (C=O) groups is 18. The van der Waals surface area contributed by atoms with Crippen LogP contribution in [-0.4, -0.2) is 206 Å². The van der Waals surface area contributed by atoms with Crippen LogP contribution in [0.1, 0.15) is 122 Å². The number of primary amides is 1. The van der Waals surface area contributed by atoms with E-state index in [2.05, 4.69) is 62.3 Å². The number of carbonyl (C=O) groups excluding carboxylic acids is 12. The molecule has 0 saturated heterocycles. The number of rotatable bonds is 50. The van der Waals surface area contributed by atoms with Gasteiger partial charge in [-0.2, -0.15) is 0 Å². The number of amides is 9. The average Bonchev–Trinajstić information content (AvgIpc) is 3.57. The van der Waals surface area contributed by atoms with Crippen molar-refractivity contribution in [3.05, 3.63) is 38.0 Å². The molecule has 0 aromatic rings. The van der Waals surface area contributed by atoms with E-state index < -0.39 is 251 Å². The largest absolute Gasteiger partial charge is 0.481 e. The molecule has 0 rings (SSSR count). The zero-order valence-electron chi connectivity index (χ0n) is 49.7. The topological polar surface area (TPSA) is 579 Å². The Morgan fingerprint density at radius 3 is 0.659 bits per heavy atom. The number of hydrogen-bond donors (Lipinski definition) is 15. The highest BCUT2D eigenvalue weighted by Gasteiger charge is 2.32. The highest BCUT2D eigenvalue weighted by Crippen LogP contribution is 2.12. The summed E-state index contributed by atoms with van der Waals surface area (Å²) in [5, 5.41) is 75.1. The van der Waals surface area contributed by atoms with Crippen LogP contribution < -0.4 is 48.3 Å². The summed E-state index contributed by atoms with van der Waals surface area (Å²) in [4.78, 5) is 223. The minimum atomic E-state index is -1.81. The second-order valence-electron chi connectivity index (χ2n) is 20.0. The first-order valence-corrected chi connectivity index (χ1v) is 28.1. The monoisotopic (exact) mass is 1300 g/mol. The van der Waals surface area contributed by atoms with Crippen molar-refractivity contribution >= 4 is 107 Å². The SMILES string of the molecule is C=CCOC(=O)C(CCC(N)=O)NC(=O)CCC(NC(=O)CCC(NC(=O)CCC(NC(=O)CCC(NC(=O)CCC(NC(=O)CCC(NC(=O)CCC(NC(=O)CCC(C)C(=O)O)C(=O)O)C(=O)OCC=C)C(=O)O)C(=O)O)C(=O)OCC=C)C(=O)O)C(=O)O. The Bertz CT molecular complexity index is 2670. The first-order valence-electron chi connectivity index (χ1n) is 28.1. The summed E-state index contributed by atoms with van der Waals surface area (Å²) >= 11 is 0. The van der Waals surface area contributed by atoms with Crippen LogP contribution in [0.25, 0.3) is 0 Å². The summed E-state index contributed by atoms with van der Waals surface area (Å²) in [6.07, 6.45) is -6.04. The summed E-state index contributed by atoms with van der Waals surface area (Å²) < 4.78 is 14.8. The Morgan fingerprint density at radius 1 is 0.308 bits per heavy atom. The normalized spacial score (nSPS) is 13.5. The smallest absolute Gasteiger partial charge is 0.328 e. The number of ether oxygens (including phenoxy) is 3. The summed E-state index contributed by atoms with van der Waals surface area (Å²) in [7, 11) is 0. The molecule has 0 spiro atoms. The van der Waals surface area contributed by atoms with Crippen LogP contribution >= 0.6 is 0 Å². The lowest BCUT2D eigenvalue weighted by atomic mass is 10.0. The van der Waals surface area contributed by atoms with Gasteiger partial charge in [0.1, 0.15) is 68.2 Å². The van der Waals surface area contributed by atoms with E-state index in [1.54, 1.807) is 0 Å². The van der Waals surface area contributed by atoms with Gasteiger partial charge in [0.2, 0.25) is 53.2 Å². The van der Waals surface area contributed by atoms with Gasteiger partial charge in [-0.25, -0.2) is 38.4 Å². The Labute approximate surface area is 519 Å². The van der Waals surface area contributed by atoms with Crippen LogP contribution in [0.15, 0.2) is 38.0 Å². The van der Waals surface area contributed by atoms with Gasteiger partial charge < -0.3 is 93.1 Å². The van der Waals surface area contributed by atoms with Gasteiger partial charge in [0.15, 0.2) is 0 Å². The number of carboxylic acid groups (broad SMARTS) is 6. The number of carboxylic acids is 6. The maximum atomic E-state index is 13.1. The van der Waals surface area contributed by atoms with Crippen LogP contribution in [0.3, 0.4) is 0 Å². The Kier molecular flexibility index (Phi) is 39.2. The Balaban J connectivity index is 5.60. The lowest BCUT2D eigenvalue weighted by Crippen LogP contribution is -2.46. The number of esters is 3. The van der Waals surface area contributed by atoms with Gasteiger partial charge >= 0.3 is 53.7 Å². The zero-order valence-corrected chi connectivity index (χ0v) is 49.7. The Hall–Kier alpha value is -10.3. The van der Waals surface area contributed by atoms with Crippen LogP contribution in [0.5, 0.6) is 0 Å². The molecule has 0 fully saturated rings. The lowest BCUT2D eigenvalue weighted by molar-refractivity contribution is -0.148. The minimum absolute atomic E-state index is 0.105. The van der Waals surface area contributed by atoms with Crippen molar-refractivity contribution in [1.82, 2.24) is 42.5 Å². The molecule has 9 atom stereocenters. The van der Waals surface area contributed by atoms with Crippen LogP contribution in [0.2, 0.25) is 0 Å². The van der Waals surface area contributed by atoms with Gasteiger partial charge in [-0.15, -0.1) is 0 Å². The summed E-state index contributed by atoms with van der Waals surface area (Å²) in [5.74, 6) is -21.9. The van der Waals surface area contributed by atoms with E-state index in [-0.39, 0.29) is 45.5 Å². The molecule has 16 N–H and O–H groups in total. The molecule has 0 aliphatic rings. The molecule has 0 heterocycles. The molecular formula is C55H79N9O27. The maximum Gasteiger partial charge on any atom is 0.328 e.